The molecule has 4 aromatic rings. The number of carbonyl (C=O) groups is 2. The van der Waals surface area contributed by atoms with Crippen molar-refractivity contribution in [1.82, 2.24) is 0 Å². The van der Waals surface area contributed by atoms with E-state index in [-0.39, 0.29) is 12.8 Å². The van der Waals surface area contributed by atoms with Crippen LogP contribution < -0.4 is 10.6 Å². The van der Waals surface area contributed by atoms with E-state index in [4.69, 9.17) is 0 Å². The van der Waals surface area contributed by atoms with Gasteiger partial charge in [0.2, 0.25) is 0 Å². The molecule has 0 fully saturated rings. The lowest BCUT2D eigenvalue weighted by Gasteiger charge is -2.25. The van der Waals surface area contributed by atoms with Crippen molar-refractivity contribution in [3.05, 3.63) is 111 Å². The summed E-state index contributed by atoms with van der Waals surface area (Å²) in [5.41, 5.74) is 27.7. The number of hydrogen-bond acceptors (Lipinski definition) is 4. The number of nitrogens with one attached hydrogen (secondary N) is 2. The summed E-state index contributed by atoms with van der Waals surface area (Å²) in [6.07, 6.45) is 0.0517. The number of benzene rings is 4. The molecule has 0 spiro atoms. The minimum absolute atomic E-state index is 0.0258. The van der Waals surface area contributed by atoms with Gasteiger partial charge in [0.1, 0.15) is 0 Å². The Hall–Kier alpha value is -4.58. The second kappa shape index (κ2) is 16.0. The van der Waals surface area contributed by atoms with Gasteiger partial charge in [-0.1, -0.05) is 0 Å². The zero-order valence-corrected chi connectivity index (χ0v) is 35.1. The first-order chi connectivity index (χ1) is 24.0. The predicted octanol–water partition coefficient (Wildman–Crippen LogP) is 11.7. The quantitative estimate of drug-likeness (QED) is 0.146. The molecule has 0 bridgehead atoms. The fraction of sp³-hybridized carbons (Fsp3) is 0.435. The lowest BCUT2D eigenvalue weighted by molar-refractivity contribution is -0.137. The number of hydrogen-bond donors (Lipinski definition) is 4. The van der Waals surface area contributed by atoms with Crippen molar-refractivity contribution < 1.29 is 19.8 Å². The summed E-state index contributed by atoms with van der Waals surface area (Å²) in [6, 6.07) is 0. The van der Waals surface area contributed by atoms with Gasteiger partial charge in [-0.25, -0.2) is 0 Å². The number of carboxylic acids is 2. The molecule has 0 aliphatic carbocycles. The molecular weight excluding hydrogens is 645 g/mol. The Morgan fingerprint density at radius 3 is 0.692 bits per heavy atom. The van der Waals surface area contributed by atoms with Crippen molar-refractivity contribution in [2.24, 2.45) is 0 Å². The standard InChI is InChI=1S/2C23H31NO2/c2*1-11-13(3)17(7)22(18(8)14(11)4)24-23-19(9)15(5)12(2)16(6)20(23)10-21(25)26/h2*24H,10H2,1-9H3,(H,25,26). The Labute approximate surface area is 313 Å². The molecule has 0 heterocycles. The van der Waals surface area contributed by atoms with E-state index in [0.717, 1.165) is 56.1 Å². The summed E-state index contributed by atoms with van der Waals surface area (Å²) >= 11 is 0. The lowest BCUT2D eigenvalue weighted by atomic mass is 9.89. The third kappa shape index (κ3) is 7.77. The topological polar surface area (TPSA) is 98.7 Å². The Balaban J connectivity index is 0.000000280. The molecular formula is C46H62N2O4. The van der Waals surface area contributed by atoms with Crippen molar-refractivity contribution in [1.29, 1.82) is 0 Å². The molecule has 0 aromatic heterocycles. The van der Waals surface area contributed by atoms with Crippen LogP contribution in [0.15, 0.2) is 0 Å². The maximum absolute atomic E-state index is 11.5. The summed E-state index contributed by atoms with van der Waals surface area (Å²) in [4.78, 5) is 23.0. The van der Waals surface area contributed by atoms with Gasteiger partial charge in [-0.2, -0.15) is 0 Å². The highest BCUT2D eigenvalue weighted by Crippen LogP contribution is 2.39. The monoisotopic (exact) mass is 706 g/mol. The molecule has 52 heavy (non-hydrogen) atoms. The SMILES string of the molecule is Cc1c(C)c(C)c(Nc2c(C)c(C)c(C)c(C)c2CC(=O)O)c(C)c1C.Cc1c(C)c(C)c(Nc2c(C)c(C)c(C)c(C)c2CC(=O)O)c(C)c1C. The van der Waals surface area contributed by atoms with Crippen molar-refractivity contribution in [2.75, 3.05) is 10.6 Å². The third-order valence-corrected chi connectivity index (χ3v) is 12.8. The van der Waals surface area contributed by atoms with Crippen LogP contribution in [0.3, 0.4) is 0 Å². The molecule has 0 aliphatic heterocycles. The maximum atomic E-state index is 11.5. The Kier molecular flexibility index (Phi) is 12.9. The highest BCUT2D eigenvalue weighted by atomic mass is 16.4. The third-order valence-electron chi connectivity index (χ3n) is 12.8. The number of aliphatic carboxylic acids is 2. The van der Waals surface area contributed by atoms with Crippen LogP contribution in [0, 0.1) is 125 Å². The molecule has 4 rings (SSSR count). The zero-order chi connectivity index (χ0) is 39.8. The van der Waals surface area contributed by atoms with Crippen LogP contribution >= 0.6 is 0 Å². The molecule has 280 valence electrons. The number of anilines is 4. The van der Waals surface area contributed by atoms with Crippen molar-refractivity contribution in [3.63, 3.8) is 0 Å². The van der Waals surface area contributed by atoms with Crippen molar-refractivity contribution in [2.45, 2.75) is 137 Å². The first-order valence-electron chi connectivity index (χ1n) is 18.3. The first kappa shape index (κ1) is 41.8. The Bertz CT molecular complexity index is 1910. The largest absolute Gasteiger partial charge is 0.481 e. The van der Waals surface area contributed by atoms with E-state index in [1.807, 2.05) is 13.8 Å². The molecule has 0 saturated heterocycles. The molecule has 0 atom stereocenters. The molecule has 4 N–H and O–H groups in total. The van der Waals surface area contributed by atoms with Crippen LogP contribution in [-0.4, -0.2) is 22.2 Å². The molecule has 6 heteroatoms. The summed E-state index contributed by atoms with van der Waals surface area (Å²) in [6.45, 7) is 38.0. The van der Waals surface area contributed by atoms with E-state index in [0.29, 0.717) is 0 Å². The van der Waals surface area contributed by atoms with Gasteiger partial charge < -0.3 is 20.8 Å². The lowest BCUT2D eigenvalue weighted by Crippen LogP contribution is -2.12. The molecule has 6 nitrogen and oxygen atoms in total. The van der Waals surface area contributed by atoms with Gasteiger partial charge in [0, 0.05) is 22.7 Å². The minimum Gasteiger partial charge on any atom is -0.481 e. The van der Waals surface area contributed by atoms with Gasteiger partial charge in [-0.05, 0) is 236 Å². The van der Waals surface area contributed by atoms with Crippen LogP contribution in [0.25, 0.3) is 0 Å². The van der Waals surface area contributed by atoms with Crippen molar-refractivity contribution >= 4 is 34.7 Å². The van der Waals surface area contributed by atoms with E-state index in [1.165, 1.54) is 77.9 Å². The van der Waals surface area contributed by atoms with Gasteiger partial charge in [0.15, 0.2) is 0 Å². The van der Waals surface area contributed by atoms with Crippen LogP contribution in [-0.2, 0) is 22.4 Å². The van der Waals surface area contributed by atoms with Gasteiger partial charge >= 0.3 is 11.9 Å². The highest BCUT2D eigenvalue weighted by Gasteiger charge is 2.22. The van der Waals surface area contributed by atoms with E-state index in [1.54, 1.807) is 0 Å². The second-order valence-corrected chi connectivity index (χ2v) is 15.1. The van der Waals surface area contributed by atoms with Gasteiger partial charge in [0.05, 0.1) is 12.8 Å². The Morgan fingerprint density at radius 2 is 0.481 bits per heavy atom. The van der Waals surface area contributed by atoms with Crippen LogP contribution in [0.2, 0.25) is 0 Å². The van der Waals surface area contributed by atoms with Crippen molar-refractivity contribution in [3.8, 4) is 0 Å². The van der Waals surface area contributed by atoms with Crippen LogP contribution in [0.5, 0.6) is 0 Å². The summed E-state index contributed by atoms with van der Waals surface area (Å²) < 4.78 is 0. The molecule has 0 radical (unpaired) electrons. The average Bonchev–Trinajstić information content (AvgIpc) is 3.09. The number of rotatable bonds is 8. The molecule has 0 aliphatic rings. The summed E-state index contributed by atoms with van der Waals surface area (Å²) in [5.74, 6) is -1.60. The predicted molar refractivity (Wildman–Crippen MR) is 220 cm³/mol. The van der Waals surface area contributed by atoms with E-state index < -0.39 is 11.9 Å². The maximum Gasteiger partial charge on any atom is 0.307 e. The van der Waals surface area contributed by atoms with E-state index in [9.17, 15) is 19.8 Å². The average molecular weight is 707 g/mol. The Morgan fingerprint density at radius 1 is 0.308 bits per heavy atom. The highest BCUT2D eigenvalue weighted by molar-refractivity contribution is 5.83. The molecule has 0 unspecified atom stereocenters. The van der Waals surface area contributed by atoms with E-state index in [2.05, 4.69) is 121 Å². The zero-order valence-electron chi connectivity index (χ0n) is 35.1. The fourth-order valence-corrected chi connectivity index (χ4v) is 7.49. The van der Waals surface area contributed by atoms with E-state index >= 15 is 0 Å². The van der Waals surface area contributed by atoms with Crippen LogP contribution in [0.1, 0.15) is 111 Å². The number of carboxylic acid groups (broad SMARTS) is 2. The summed E-state index contributed by atoms with van der Waals surface area (Å²) in [7, 11) is 0. The smallest absolute Gasteiger partial charge is 0.307 e. The van der Waals surface area contributed by atoms with Crippen LogP contribution in [0.4, 0.5) is 22.7 Å². The second-order valence-electron chi connectivity index (χ2n) is 15.1. The van der Waals surface area contributed by atoms with Gasteiger partial charge in [-0.15, -0.1) is 0 Å². The fourth-order valence-electron chi connectivity index (χ4n) is 7.49. The molecule has 4 aromatic carbocycles. The van der Waals surface area contributed by atoms with Gasteiger partial charge in [0.25, 0.3) is 0 Å². The van der Waals surface area contributed by atoms with Gasteiger partial charge in [-0.3, -0.25) is 9.59 Å². The summed E-state index contributed by atoms with van der Waals surface area (Å²) in [5, 5.41) is 26.2. The minimum atomic E-state index is -0.802. The molecule has 0 saturated carbocycles. The molecule has 0 amide bonds. The normalized spacial score (nSPS) is 11.0. The first-order valence-corrected chi connectivity index (χ1v) is 18.3.